The SMILES string of the molecule is CC(=O)Nc1cccn(C2=CC(C)(C)Oc3ncccc32)c1=O. The molecule has 1 amide bonds. The van der Waals surface area contributed by atoms with Gasteiger partial charge in [-0.1, -0.05) is 0 Å². The van der Waals surface area contributed by atoms with Crippen molar-refractivity contribution in [2.75, 3.05) is 5.32 Å². The van der Waals surface area contributed by atoms with Gasteiger partial charge in [0.1, 0.15) is 11.3 Å². The van der Waals surface area contributed by atoms with Crippen LogP contribution in [0.3, 0.4) is 0 Å². The maximum Gasteiger partial charge on any atom is 0.278 e. The third-order valence-corrected chi connectivity index (χ3v) is 3.41. The summed E-state index contributed by atoms with van der Waals surface area (Å²) >= 11 is 0. The normalized spacial score (nSPS) is 15.2. The van der Waals surface area contributed by atoms with Gasteiger partial charge in [0.2, 0.25) is 11.8 Å². The van der Waals surface area contributed by atoms with Gasteiger partial charge in [0.15, 0.2) is 0 Å². The predicted octanol–water partition coefficient (Wildman–Crippen LogP) is 2.26. The first kappa shape index (κ1) is 15.0. The van der Waals surface area contributed by atoms with Gasteiger partial charge in [0.05, 0.1) is 11.3 Å². The largest absolute Gasteiger partial charge is 0.467 e. The van der Waals surface area contributed by atoms with E-state index < -0.39 is 5.60 Å². The van der Waals surface area contributed by atoms with Crippen molar-refractivity contribution in [1.29, 1.82) is 0 Å². The summed E-state index contributed by atoms with van der Waals surface area (Å²) < 4.78 is 7.33. The molecule has 2 aromatic rings. The minimum Gasteiger partial charge on any atom is -0.467 e. The summed E-state index contributed by atoms with van der Waals surface area (Å²) in [5.74, 6) is 0.190. The molecule has 0 bridgehead atoms. The van der Waals surface area contributed by atoms with Gasteiger partial charge in [0.25, 0.3) is 5.56 Å². The average molecular weight is 311 g/mol. The zero-order valence-electron chi connectivity index (χ0n) is 13.2. The van der Waals surface area contributed by atoms with Crippen molar-refractivity contribution in [2.24, 2.45) is 0 Å². The molecule has 1 aliphatic heterocycles. The molecular formula is C17H17N3O3. The fourth-order valence-corrected chi connectivity index (χ4v) is 2.52. The molecule has 2 aromatic heterocycles. The highest BCUT2D eigenvalue weighted by Gasteiger charge is 2.28. The summed E-state index contributed by atoms with van der Waals surface area (Å²) in [4.78, 5) is 28.2. The van der Waals surface area contributed by atoms with E-state index in [-0.39, 0.29) is 17.2 Å². The van der Waals surface area contributed by atoms with E-state index in [1.54, 1.807) is 30.6 Å². The van der Waals surface area contributed by atoms with Gasteiger partial charge >= 0.3 is 0 Å². The summed E-state index contributed by atoms with van der Waals surface area (Å²) in [5, 5.41) is 2.55. The standard InChI is InChI=1S/C17H17N3O3/c1-11(21)19-13-7-5-9-20(16(13)22)14-10-17(2,3)23-15-12(14)6-4-8-18-15/h4-10H,1-3H3,(H,19,21). The molecule has 1 aliphatic rings. The van der Waals surface area contributed by atoms with Gasteiger partial charge in [-0.15, -0.1) is 0 Å². The van der Waals surface area contributed by atoms with E-state index in [1.807, 2.05) is 26.0 Å². The number of carbonyl (C=O) groups excluding carboxylic acids is 1. The van der Waals surface area contributed by atoms with Gasteiger partial charge in [-0.05, 0) is 44.2 Å². The van der Waals surface area contributed by atoms with Crippen molar-refractivity contribution >= 4 is 17.3 Å². The third kappa shape index (κ3) is 2.88. The maximum atomic E-state index is 12.7. The van der Waals surface area contributed by atoms with Crippen molar-refractivity contribution in [3.8, 4) is 5.88 Å². The van der Waals surface area contributed by atoms with E-state index in [0.717, 1.165) is 5.56 Å². The van der Waals surface area contributed by atoms with E-state index in [2.05, 4.69) is 10.3 Å². The van der Waals surface area contributed by atoms with Crippen LogP contribution in [0.4, 0.5) is 5.69 Å². The number of aromatic nitrogens is 2. The summed E-state index contributed by atoms with van der Waals surface area (Å²) in [7, 11) is 0. The fourth-order valence-electron chi connectivity index (χ4n) is 2.52. The first-order valence-corrected chi connectivity index (χ1v) is 7.24. The molecule has 0 spiro atoms. The highest BCUT2D eigenvalue weighted by Crippen LogP contribution is 2.34. The predicted molar refractivity (Wildman–Crippen MR) is 87.3 cm³/mol. The zero-order chi connectivity index (χ0) is 16.6. The number of nitrogens with zero attached hydrogens (tertiary/aromatic N) is 2. The molecule has 118 valence electrons. The molecule has 3 rings (SSSR count). The molecule has 0 unspecified atom stereocenters. The van der Waals surface area contributed by atoms with E-state index in [4.69, 9.17) is 4.74 Å². The number of ether oxygens (including phenoxy) is 1. The molecule has 0 fully saturated rings. The second kappa shape index (κ2) is 5.39. The molecule has 0 radical (unpaired) electrons. The lowest BCUT2D eigenvalue weighted by atomic mass is 10.0. The number of anilines is 1. The Bertz CT molecular complexity index is 865. The summed E-state index contributed by atoms with van der Waals surface area (Å²) in [6.45, 7) is 5.16. The van der Waals surface area contributed by atoms with Crippen LogP contribution in [0, 0.1) is 0 Å². The van der Waals surface area contributed by atoms with Crippen molar-refractivity contribution < 1.29 is 9.53 Å². The van der Waals surface area contributed by atoms with Crippen molar-refractivity contribution in [3.05, 3.63) is 58.7 Å². The molecule has 23 heavy (non-hydrogen) atoms. The molecule has 3 heterocycles. The number of hydrogen-bond donors (Lipinski definition) is 1. The van der Waals surface area contributed by atoms with Crippen LogP contribution < -0.4 is 15.6 Å². The Morgan fingerprint density at radius 3 is 2.83 bits per heavy atom. The topological polar surface area (TPSA) is 73.2 Å². The fraction of sp³-hybridized carbons (Fsp3) is 0.235. The van der Waals surface area contributed by atoms with Crippen LogP contribution in [0.15, 0.2) is 47.5 Å². The van der Waals surface area contributed by atoms with Gasteiger partial charge < -0.3 is 10.1 Å². The van der Waals surface area contributed by atoms with Gasteiger partial charge in [-0.25, -0.2) is 4.98 Å². The van der Waals surface area contributed by atoms with Gasteiger partial charge in [0, 0.05) is 19.3 Å². The molecule has 0 saturated heterocycles. The molecule has 0 atom stereocenters. The Morgan fingerprint density at radius 2 is 2.09 bits per heavy atom. The van der Waals surface area contributed by atoms with Crippen LogP contribution in [0.1, 0.15) is 26.3 Å². The van der Waals surface area contributed by atoms with E-state index in [0.29, 0.717) is 11.6 Å². The first-order valence-electron chi connectivity index (χ1n) is 7.24. The maximum absolute atomic E-state index is 12.7. The Hall–Kier alpha value is -2.89. The lowest BCUT2D eigenvalue weighted by Gasteiger charge is -2.30. The number of nitrogens with one attached hydrogen (secondary N) is 1. The molecule has 6 heteroatoms. The molecule has 6 nitrogen and oxygen atoms in total. The quantitative estimate of drug-likeness (QED) is 0.923. The summed E-state index contributed by atoms with van der Waals surface area (Å²) in [5.41, 5.74) is 0.743. The monoisotopic (exact) mass is 311 g/mol. The van der Waals surface area contributed by atoms with Crippen molar-refractivity contribution in [3.63, 3.8) is 0 Å². The first-order chi connectivity index (χ1) is 10.9. The highest BCUT2D eigenvalue weighted by molar-refractivity contribution is 5.88. The number of hydrogen-bond acceptors (Lipinski definition) is 4. The molecule has 0 aliphatic carbocycles. The van der Waals surface area contributed by atoms with Crippen molar-refractivity contribution in [2.45, 2.75) is 26.4 Å². The smallest absolute Gasteiger partial charge is 0.278 e. The van der Waals surface area contributed by atoms with Crippen LogP contribution in [0.2, 0.25) is 0 Å². The van der Waals surface area contributed by atoms with E-state index in [1.165, 1.54) is 11.5 Å². The molecular weight excluding hydrogens is 294 g/mol. The number of pyridine rings is 2. The number of rotatable bonds is 2. The van der Waals surface area contributed by atoms with E-state index >= 15 is 0 Å². The number of carbonyl (C=O) groups is 1. The minimum absolute atomic E-state index is 0.232. The van der Waals surface area contributed by atoms with Crippen LogP contribution >= 0.6 is 0 Å². The van der Waals surface area contributed by atoms with E-state index in [9.17, 15) is 9.59 Å². The minimum atomic E-state index is -0.597. The molecule has 0 saturated carbocycles. The van der Waals surface area contributed by atoms with Crippen molar-refractivity contribution in [1.82, 2.24) is 9.55 Å². The summed E-state index contributed by atoms with van der Waals surface area (Å²) in [6, 6.07) is 6.93. The third-order valence-electron chi connectivity index (χ3n) is 3.41. The molecule has 0 aromatic carbocycles. The Balaban J connectivity index is 2.19. The number of amides is 1. The van der Waals surface area contributed by atoms with Crippen LogP contribution in [0.25, 0.3) is 5.70 Å². The Kier molecular flexibility index (Phi) is 3.52. The molecule has 1 N–H and O–H groups in total. The second-order valence-electron chi connectivity index (χ2n) is 5.87. The Labute approximate surface area is 133 Å². The summed E-state index contributed by atoms with van der Waals surface area (Å²) in [6.07, 6.45) is 5.18. The van der Waals surface area contributed by atoms with Gasteiger partial charge in [-0.3, -0.25) is 14.2 Å². The lowest BCUT2D eigenvalue weighted by molar-refractivity contribution is -0.114. The second-order valence-corrected chi connectivity index (χ2v) is 5.87. The lowest BCUT2D eigenvalue weighted by Crippen LogP contribution is -2.33. The van der Waals surface area contributed by atoms with Crippen LogP contribution in [0.5, 0.6) is 5.88 Å². The zero-order valence-corrected chi connectivity index (χ0v) is 13.2. The van der Waals surface area contributed by atoms with Gasteiger partial charge in [-0.2, -0.15) is 0 Å². The average Bonchev–Trinajstić information content (AvgIpc) is 2.47. The highest BCUT2D eigenvalue weighted by atomic mass is 16.5. The Morgan fingerprint density at radius 1 is 1.30 bits per heavy atom. The number of fused-ring (bicyclic) bond motifs is 1. The van der Waals surface area contributed by atoms with Crippen LogP contribution in [-0.2, 0) is 4.79 Å². The van der Waals surface area contributed by atoms with Crippen LogP contribution in [-0.4, -0.2) is 21.1 Å².